The van der Waals surface area contributed by atoms with Gasteiger partial charge < -0.3 is 10.6 Å². The van der Waals surface area contributed by atoms with Crippen molar-refractivity contribution < 1.29 is 9.59 Å². The number of anilines is 1. The number of pyridine rings is 1. The molecule has 2 N–H and O–H groups in total. The zero-order valence-electron chi connectivity index (χ0n) is 15.7. The number of nitrogens with zero attached hydrogens (tertiary/aromatic N) is 4. The maximum absolute atomic E-state index is 12.7. The van der Waals surface area contributed by atoms with Crippen LogP contribution in [0, 0.1) is 5.92 Å². The number of aromatic nitrogens is 4. The number of hydrogen-bond donors (Lipinski definition) is 2. The average Bonchev–Trinajstić information content (AvgIpc) is 3.22. The molecule has 0 aliphatic carbocycles. The monoisotopic (exact) mass is 378 g/mol. The lowest BCUT2D eigenvalue weighted by molar-refractivity contribution is -0.127. The summed E-state index contributed by atoms with van der Waals surface area (Å²) in [5.41, 5.74) is 1.44. The fraction of sp³-hybridized carbons (Fsp3) is 0.250. The van der Waals surface area contributed by atoms with Crippen LogP contribution in [0.4, 0.5) is 5.69 Å². The van der Waals surface area contributed by atoms with Gasteiger partial charge in [0, 0.05) is 0 Å². The van der Waals surface area contributed by atoms with E-state index in [-0.39, 0.29) is 24.2 Å². The minimum absolute atomic E-state index is 0.0675. The molecule has 28 heavy (non-hydrogen) atoms. The molecule has 144 valence electrons. The lowest BCUT2D eigenvalue weighted by Crippen LogP contribution is -2.47. The Morgan fingerprint density at radius 2 is 1.89 bits per heavy atom. The van der Waals surface area contributed by atoms with Crippen LogP contribution in [0.3, 0.4) is 0 Å². The molecule has 3 aromatic rings. The molecule has 8 nitrogen and oxygen atoms in total. The molecule has 0 bridgehead atoms. The SMILES string of the molecule is CC(C)C(NC(=O)Cc1ccccc1)C(=O)Nc1ccc(-n2cncn2)nc1. The second-order valence-electron chi connectivity index (χ2n) is 6.69. The van der Waals surface area contributed by atoms with E-state index in [1.165, 1.54) is 23.5 Å². The molecule has 2 heterocycles. The minimum Gasteiger partial charge on any atom is -0.344 e. The Bertz CT molecular complexity index is 908. The fourth-order valence-corrected chi connectivity index (χ4v) is 2.68. The third-order valence-corrected chi connectivity index (χ3v) is 4.14. The van der Waals surface area contributed by atoms with Crippen LogP contribution in [0.25, 0.3) is 5.82 Å². The van der Waals surface area contributed by atoms with E-state index >= 15 is 0 Å². The molecule has 1 aromatic carbocycles. The van der Waals surface area contributed by atoms with Gasteiger partial charge in [-0.2, -0.15) is 5.10 Å². The van der Waals surface area contributed by atoms with Crippen molar-refractivity contribution >= 4 is 17.5 Å². The Morgan fingerprint density at radius 3 is 2.50 bits per heavy atom. The average molecular weight is 378 g/mol. The van der Waals surface area contributed by atoms with Crippen molar-refractivity contribution in [3.8, 4) is 5.82 Å². The summed E-state index contributed by atoms with van der Waals surface area (Å²) in [6, 6.07) is 12.2. The normalized spacial score (nSPS) is 11.8. The highest BCUT2D eigenvalue weighted by molar-refractivity contribution is 5.97. The van der Waals surface area contributed by atoms with Gasteiger partial charge in [0.05, 0.1) is 18.3 Å². The van der Waals surface area contributed by atoms with Crippen molar-refractivity contribution in [1.29, 1.82) is 0 Å². The summed E-state index contributed by atoms with van der Waals surface area (Å²) in [6.45, 7) is 3.78. The second-order valence-corrected chi connectivity index (χ2v) is 6.69. The summed E-state index contributed by atoms with van der Waals surface area (Å²) in [5.74, 6) is 0.0422. The molecule has 0 radical (unpaired) electrons. The molecule has 8 heteroatoms. The molecule has 0 aliphatic heterocycles. The van der Waals surface area contributed by atoms with E-state index in [1.54, 1.807) is 12.1 Å². The zero-order chi connectivity index (χ0) is 19.9. The number of amides is 2. The molecular formula is C20H22N6O2. The summed E-state index contributed by atoms with van der Waals surface area (Å²) < 4.78 is 1.52. The van der Waals surface area contributed by atoms with Gasteiger partial charge in [0.1, 0.15) is 18.7 Å². The van der Waals surface area contributed by atoms with Crippen LogP contribution < -0.4 is 10.6 Å². The Labute approximate surface area is 163 Å². The van der Waals surface area contributed by atoms with Crippen LogP contribution in [0.2, 0.25) is 0 Å². The van der Waals surface area contributed by atoms with Crippen LogP contribution in [0.1, 0.15) is 19.4 Å². The van der Waals surface area contributed by atoms with Crippen molar-refractivity contribution in [2.75, 3.05) is 5.32 Å². The van der Waals surface area contributed by atoms with Crippen molar-refractivity contribution in [1.82, 2.24) is 25.1 Å². The molecule has 0 aliphatic rings. The van der Waals surface area contributed by atoms with E-state index in [0.29, 0.717) is 11.5 Å². The molecule has 2 amide bonds. The van der Waals surface area contributed by atoms with E-state index in [0.717, 1.165) is 5.56 Å². The summed E-state index contributed by atoms with van der Waals surface area (Å²) in [7, 11) is 0. The van der Waals surface area contributed by atoms with Gasteiger partial charge in [0.25, 0.3) is 0 Å². The van der Waals surface area contributed by atoms with Crippen LogP contribution in [-0.2, 0) is 16.0 Å². The van der Waals surface area contributed by atoms with Crippen LogP contribution in [0.15, 0.2) is 61.3 Å². The molecule has 1 atom stereocenters. The molecule has 1 unspecified atom stereocenters. The number of nitrogens with one attached hydrogen (secondary N) is 2. The summed E-state index contributed by atoms with van der Waals surface area (Å²) in [6.07, 6.45) is 4.73. The van der Waals surface area contributed by atoms with Gasteiger partial charge in [-0.3, -0.25) is 9.59 Å². The van der Waals surface area contributed by atoms with Gasteiger partial charge in [-0.15, -0.1) is 0 Å². The van der Waals surface area contributed by atoms with E-state index < -0.39 is 6.04 Å². The number of carbonyl (C=O) groups is 2. The lowest BCUT2D eigenvalue weighted by Gasteiger charge is -2.21. The van der Waals surface area contributed by atoms with E-state index in [9.17, 15) is 9.59 Å². The van der Waals surface area contributed by atoms with Gasteiger partial charge in [-0.25, -0.2) is 14.6 Å². The van der Waals surface area contributed by atoms with Gasteiger partial charge in [-0.05, 0) is 23.6 Å². The third-order valence-electron chi connectivity index (χ3n) is 4.14. The Kier molecular flexibility index (Phi) is 6.11. The topological polar surface area (TPSA) is 102 Å². The standard InChI is InChI=1S/C20H22N6O2/c1-14(2)19(25-18(27)10-15-6-4-3-5-7-15)20(28)24-16-8-9-17(22-11-16)26-13-21-12-23-26/h3-9,11-14,19H,10H2,1-2H3,(H,24,28)(H,25,27). The van der Waals surface area contributed by atoms with Crippen LogP contribution >= 0.6 is 0 Å². The highest BCUT2D eigenvalue weighted by atomic mass is 16.2. The maximum atomic E-state index is 12.7. The summed E-state index contributed by atoms with van der Waals surface area (Å²) >= 11 is 0. The quantitative estimate of drug-likeness (QED) is 0.655. The number of carbonyl (C=O) groups excluding carboxylic acids is 2. The molecule has 0 saturated carbocycles. The zero-order valence-corrected chi connectivity index (χ0v) is 15.7. The first-order valence-corrected chi connectivity index (χ1v) is 8.98. The number of hydrogen-bond acceptors (Lipinski definition) is 5. The molecule has 0 fully saturated rings. The minimum atomic E-state index is -0.647. The maximum Gasteiger partial charge on any atom is 0.247 e. The highest BCUT2D eigenvalue weighted by Gasteiger charge is 2.24. The fourth-order valence-electron chi connectivity index (χ4n) is 2.68. The first-order valence-electron chi connectivity index (χ1n) is 8.98. The summed E-state index contributed by atoms with van der Waals surface area (Å²) in [5, 5.41) is 9.63. The molecule has 0 saturated heterocycles. The number of rotatable bonds is 7. The van der Waals surface area contributed by atoms with Gasteiger partial charge in [0.15, 0.2) is 5.82 Å². The third kappa shape index (κ3) is 5.00. The Morgan fingerprint density at radius 1 is 1.11 bits per heavy atom. The molecule has 0 spiro atoms. The van der Waals surface area contributed by atoms with Crippen molar-refractivity contribution in [2.24, 2.45) is 5.92 Å². The Hall–Kier alpha value is -3.55. The highest BCUT2D eigenvalue weighted by Crippen LogP contribution is 2.11. The first-order chi connectivity index (χ1) is 13.5. The van der Waals surface area contributed by atoms with E-state index in [1.807, 2.05) is 44.2 Å². The van der Waals surface area contributed by atoms with E-state index in [4.69, 9.17) is 0 Å². The smallest absolute Gasteiger partial charge is 0.247 e. The predicted molar refractivity (Wildman–Crippen MR) is 105 cm³/mol. The van der Waals surface area contributed by atoms with Gasteiger partial charge >= 0.3 is 0 Å². The van der Waals surface area contributed by atoms with Crippen molar-refractivity contribution in [3.05, 3.63) is 66.9 Å². The second kappa shape index (κ2) is 8.90. The summed E-state index contributed by atoms with van der Waals surface area (Å²) in [4.78, 5) is 33.1. The van der Waals surface area contributed by atoms with Crippen LogP contribution in [-0.4, -0.2) is 37.6 Å². The van der Waals surface area contributed by atoms with Crippen molar-refractivity contribution in [3.63, 3.8) is 0 Å². The predicted octanol–water partition coefficient (Wildman–Crippen LogP) is 1.98. The number of benzene rings is 1. The van der Waals surface area contributed by atoms with Crippen LogP contribution in [0.5, 0.6) is 0 Å². The molecule has 3 rings (SSSR count). The molecular weight excluding hydrogens is 356 g/mol. The molecule has 2 aromatic heterocycles. The lowest BCUT2D eigenvalue weighted by atomic mass is 10.0. The van der Waals surface area contributed by atoms with Gasteiger partial charge in [-0.1, -0.05) is 44.2 Å². The van der Waals surface area contributed by atoms with Crippen molar-refractivity contribution in [2.45, 2.75) is 26.3 Å². The largest absolute Gasteiger partial charge is 0.344 e. The van der Waals surface area contributed by atoms with E-state index in [2.05, 4.69) is 25.7 Å². The Balaban J connectivity index is 1.62. The van der Waals surface area contributed by atoms with Gasteiger partial charge in [0.2, 0.25) is 11.8 Å². The first kappa shape index (κ1) is 19.2.